The summed E-state index contributed by atoms with van der Waals surface area (Å²) < 4.78 is 0. The second kappa shape index (κ2) is 5.21. The number of nitrogens with one attached hydrogen (secondary N) is 1. The molecule has 0 saturated heterocycles. The van der Waals surface area contributed by atoms with Crippen LogP contribution in [0, 0.1) is 0 Å². The van der Waals surface area contributed by atoms with Crippen LogP contribution in [0.5, 0.6) is 0 Å². The SMILES string of the molecule is C[C@H](N)C(=O)N1c2ccccc2C[C@H]1c1nc2ccccc2[nH]1. The summed E-state index contributed by atoms with van der Waals surface area (Å²) in [4.78, 5) is 22.5. The molecule has 2 atom stereocenters. The summed E-state index contributed by atoms with van der Waals surface area (Å²) in [7, 11) is 0. The van der Waals surface area contributed by atoms with E-state index >= 15 is 0 Å². The number of benzene rings is 2. The third kappa shape index (κ3) is 2.21. The van der Waals surface area contributed by atoms with Gasteiger partial charge in [0.25, 0.3) is 0 Å². The van der Waals surface area contributed by atoms with Crippen molar-refractivity contribution in [2.45, 2.75) is 25.4 Å². The summed E-state index contributed by atoms with van der Waals surface area (Å²) in [6.07, 6.45) is 0.744. The largest absolute Gasteiger partial charge is 0.340 e. The number of hydrogen-bond acceptors (Lipinski definition) is 3. The number of aromatic nitrogens is 2. The van der Waals surface area contributed by atoms with Gasteiger partial charge in [0.05, 0.1) is 23.1 Å². The molecular formula is C18H18N4O. The van der Waals surface area contributed by atoms with Crippen LogP contribution in [0.2, 0.25) is 0 Å². The number of para-hydroxylation sites is 3. The summed E-state index contributed by atoms with van der Waals surface area (Å²) in [5, 5.41) is 0. The molecule has 0 fully saturated rings. The van der Waals surface area contributed by atoms with Crippen molar-refractivity contribution in [2.24, 2.45) is 5.73 Å². The lowest BCUT2D eigenvalue weighted by atomic mass is 10.1. The molecule has 0 saturated carbocycles. The molecule has 5 nitrogen and oxygen atoms in total. The standard InChI is InChI=1S/C18H18N4O/c1-11(19)18(23)22-15-9-5-2-6-12(15)10-16(22)17-20-13-7-3-4-8-14(13)21-17/h2-9,11,16H,10,19H2,1H3,(H,20,21)/t11-,16-/m0/s1. The normalized spacial score (nSPS) is 18.2. The first-order valence-electron chi connectivity index (χ1n) is 7.76. The van der Waals surface area contributed by atoms with Crippen LogP contribution in [0.25, 0.3) is 11.0 Å². The smallest absolute Gasteiger partial charge is 0.244 e. The molecule has 0 aliphatic carbocycles. The number of aromatic amines is 1. The monoisotopic (exact) mass is 306 g/mol. The molecular weight excluding hydrogens is 288 g/mol. The van der Waals surface area contributed by atoms with Gasteiger partial charge in [0.1, 0.15) is 5.82 Å². The number of imidazole rings is 1. The van der Waals surface area contributed by atoms with Crippen molar-refractivity contribution in [3.8, 4) is 0 Å². The van der Waals surface area contributed by atoms with Gasteiger partial charge < -0.3 is 10.7 Å². The Bertz CT molecular complexity index is 850. The first-order valence-corrected chi connectivity index (χ1v) is 7.76. The van der Waals surface area contributed by atoms with Gasteiger partial charge in [0.15, 0.2) is 0 Å². The highest BCUT2D eigenvalue weighted by molar-refractivity contribution is 5.99. The predicted molar refractivity (Wildman–Crippen MR) is 90.1 cm³/mol. The summed E-state index contributed by atoms with van der Waals surface area (Å²) in [6, 6.07) is 15.2. The van der Waals surface area contributed by atoms with Crippen molar-refractivity contribution in [2.75, 3.05) is 4.90 Å². The van der Waals surface area contributed by atoms with E-state index in [1.54, 1.807) is 11.8 Å². The highest BCUT2D eigenvalue weighted by Crippen LogP contribution is 2.40. The molecule has 1 amide bonds. The van der Waals surface area contributed by atoms with Crippen molar-refractivity contribution in [1.82, 2.24) is 9.97 Å². The van der Waals surface area contributed by atoms with Crippen molar-refractivity contribution < 1.29 is 4.79 Å². The molecule has 0 unspecified atom stereocenters. The van der Waals surface area contributed by atoms with Crippen molar-refractivity contribution >= 4 is 22.6 Å². The fraction of sp³-hybridized carbons (Fsp3) is 0.222. The van der Waals surface area contributed by atoms with Gasteiger partial charge in [-0.1, -0.05) is 30.3 Å². The summed E-state index contributed by atoms with van der Waals surface area (Å²) in [6.45, 7) is 1.72. The van der Waals surface area contributed by atoms with Crippen molar-refractivity contribution in [3.63, 3.8) is 0 Å². The van der Waals surface area contributed by atoms with E-state index in [2.05, 4.69) is 16.0 Å². The van der Waals surface area contributed by atoms with E-state index in [0.717, 1.165) is 34.5 Å². The quantitative estimate of drug-likeness (QED) is 0.764. The number of hydrogen-bond donors (Lipinski definition) is 2. The average Bonchev–Trinajstić information content (AvgIpc) is 3.15. The Labute approximate surface area is 134 Å². The van der Waals surface area contributed by atoms with E-state index in [-0.39, 0.29) is 11.9 Å². The number of rotatable bonds is 2. The van der Waals surface area contributed by atoms with Crippen LogP contribution in [0.1, 0.15) is 24.4 Å². The first kappa shape index (κ1) is 14.0. The van der Waals surface area contributed by atoms with Gasteiger partial charge in [-0.15, -0.1) is 0 Å². The van der Waals surface area contributed by atoms with Crippen LogP contribution in [-0.4, -0.2) is 21.9 Å². The van der Waals surface area contributed by atoms with Crippen LogP contribution in [-0.2, 0) is 11.2 Å². The molecule has 1 aromatic heterocycles. The lowest BCUT2D eigenvalue weighted by Crippen LogP contribution is -2.43. The van der Waals surface area contributed by atoms with Gasteiger partial charge in [-0.05, 0) is 30.7 Å². The predicted octanol–water partition coefficient (Wildman–Crippen LogP) is 2.54. The van der Waals surface area contributed by atoms with Crippen LogP contribution in [0.3, 0.4) is 0 Å². The van der Waals surface area contributed by atoms with Crippen LogP contribution >= 0.6 is 0 Å². The number of amides is 1. The van der Waals surface area contributed by atoms with Crippen molar-refractivity contribution in [1.29, 1.82) is 0 Å². The summed E-state index contributed by atoms with van der Waals surface area (Å²) >= 11 is 0. The number of nitrogens with two attached hydrogens (primary N) is 1. The minimum atomic E-state index is -0.548. The van der Waals surface area contributed by atoms with Gasteiger partial charge in [0, 0.05) is 12.1 Å². The van der Waals surface area contributed by atoms with Crippen molar-refractivity contribution in [3.05, 3.63) is 59.9 Å². The maximum atomic E-state index is 12.7. The molecule has 4 rings (SSSR count). The summed E-state index contributed by atoms with van der Waals surface area (Å²) in [5.41, 5.74) is 9.83. The number of carbonyl (C=O) groups excluding carboxylic acids is 1. The molecule has 3 N–H and O–H groups in total. The van der Waals surface area contributed by atoms with Gasteiger partial charge in [0.2, 0.25) is 5.91 Å². The van der Waals surface area contributed by atoms with E-state index < -0.39 is 6.04 Å². The molecule has 1 aliphatic rings. The first-order chi connectivity index (χ1) is 11.1. The molecule has 0 bridgehead atoms. The molecule has 3 aromatic rings. The van der Waals surface area contributed by atoms with E-state index in [1.165, 1.54) is 0 Å². The fourth-order valence-corrected chi connectivity index (χ4v) is 3.23. The highest BCUT2D eigenvalue weighted by atomic mass is 16.2. The minimum absolute atomic E-state index is 0.0830. The Balaban J connectivity index is 1.82. The minimum Gasteiger partial charge on any atom is -0.340 e. The maximum absolute atomic E-state index is 12.7. The van der Waals surface area contributed by atoms with Gasteiger partial charge in [-0.2, -0.15) is 0 Å². The third-order valence-electron chi connectivity index (χ3n) is 4.33. The van der Waals surface area contributed by atoms with Crippen LogP contribution in [0.15, 0.2) is 48.5 Å². The number of carbonyl (C=O) groups is 1. The molecule has 116 valence electrons. The number of anilines is 1. The third-order valence-corrected chi connectivity index (χ3v) is 4.33. The van der Waals surface area contributed by atoms with Gasteiger partial charge in [-0.25, -0.2) is 4.98 Å². The van der Waals surface area contributed by atoms with Gasteiger partial charge >= 0.3 is 0 Å². The molecule has 0 spiro atoms. The van der Waals surface area contributed by atoms with Crippen LogP contribution < -0.4 is 10.6 Å². The van der Waals surface area contributed by atoms with E-state index in [1.807, 2.05) is 42.5 Å². The number of fused-ring (bicyclic) bond motifs is 2. The molecule has 2 heterocycles. The lowest BCUT2D eigenvalue weighted by molar-refractivity contribution is -0.119. The topological polar surface area (TPSA) is 75.0 Å². The zero-order chi connectivity index (χ0) is 16.0. The fourth-order valence-electron chi connectivity index (χ4n) is 3.23. The molecule has 2 aromatic carbocycles. The zero-order valence-corrected chi connectivity index (χ0v) is 12.9. The summed E-state index contributed by atoms with van der Waals surface area (Å²) in [5.74, 6) is 0.719. The Morgan fingerprint density at radius 1 is 1.26 bits per heavy atom. The van der Waals surface area contributed by atoms with Gasteiger partial charge in [-0.3, -0.25) is 9.69 Å². The second-order valence-corrected chi connectivity index (χ2v) is 5.98. The van der Waals surface area contributed by atoms with E-state index in [4.69, 9.17) is 5.73 Å². The van der Waals surface area contributed by atoms with E-state index in [9.17, 15) is 4.79 Å². The molecule has 0 radical (unpaired) electrons. The van der Waals surface area contributed by atoms with Crippen LogP contribution in [0.4, 0.5) is 5.69 Å². The Kier molecular flexibility index (Phi) is 3.16. The van der Waals surface area contributed by atoms with E-state index in [0.29, 0.717) is 0 Å². The molecule has 1 aliphatic heterocycles. The zero-order valence-electron chi connectivity index (χ0n) is 12.9. The average molecular weight is 306 g/mol. The number of nitrogens with zero attached hydrogens (tertiary/aromatic N) is 2. The Hall–Kier alpha value is -2.66. The Morgan fingerprint density at radius 2 is 2.00 bits per heavy atom. The second-order valence-electron chi connectivity index (χ2n) is 5.98. The lowest BCUT2D eigenvalue weighted by Gasteiger charge is -2.25. The Morgan fingerprint density at radius 3 is 2.78 bits per heavy atom. The highest BCUT2D eigenvalue weighted by Gasteiger charge is 2.37. The molecule has 23 heavy (non-hydrogen) atoms. The number of H-pyrrole nitrogens is 1. The maximum Gasteiger partial charge on any atom is 0.244 e. The molecule has 5 heteroatoms.